The molecule has 0 aliphatic rings. The molecule has 5 heteroatoms. The molecule has 3 nitrogen and oxygen atoms in total. The van der Waals surface area contributed by atoms with E-state index in [1.54, 1.807) is 0 Å². The van der Waals surface area contributed by atoms with Crippen LogP contribution in [0.15, 0.2) is 22.0 Å². The molecule has 0 aliphatic heterocycles. The summed E-state index contributed by atoms with van der Waals surface area (Å²) in [5, 5.41) is 10.4. The normalized spacial score (nSPS) is 12.8. The summed E-state index contributed by atoms with van der Waals surface area (Å²) in [5.74, 6) is 0. The number of halogens is 1. The van der Waals surface area contributed by atoms with E-state index in [0.29, 0.717) is 6.04 Å². The van der Waals surface area contributed by atoms with Crippen molar-refractivity contribution in [1.82, 2.24) is 15.1 Å². The number of aromatic nitrogens is 2. The summed E-state index contributed by atoms with van der Waals surface area (Å²) in [6.07, 6.45) is 2.14. The first-order valence-electron chi connectivity index (χ1n) is 7.14. The van der Waals surface area contributed by atoms with Crippen LogP contribution in [-0.2, 0) is 13.0 Å². The predicted molar refractivity (Wildman–Crippen MR) is 89.4 cm³/mol. The molecule has 0 spiro atoms. The van der Waals surface area contributed by atoms with Gasteiger partial charge in [0.25, 0.3) is 0 Å². The van der Waals surface area contributed by atoms with Crippen LogP contribution in [0.2, 0.25) is 0 Å². The number of aryl methyl sites for hydroxylation is 2. The topological polar surface area (TPSA) is 29.9 Å². The van der Waals surface area contributed by atoms with Crippen molar-refractivity contribution in [2.24, 2.45) is 0 Å². The van der Waals surface area contributed by atoms with Gasteiger partial charge in [-0.3, -0.25) is 4.68 Å². The maximum Gasteiger partial charge on any atom is 0.0596 e. The van der Waals surface area contributed by atoms with E-state index in [1.165, 1.54) is 15.0 Å². The van der Waals surface area contributed by atoms with Crippen LogP contribution in [0, 0.1) is 6.92 Å². The van der Waals surface area contributed by atoms with Crippen LogP contribution in [0.3, 0.4) is 0 Å². The Labute approximate surface area is 133 Å². The predicted octanol–water partition coefficient (Wildman–Crippen LogP) is 4.32. The molecule has 0 saturated heterocycles. The van der Waals surface area contributed by atoms with Gasteiger partial charge in [0.05, 0.1) is 5.69 Å². The van der Waals surface area contributed by atoms with Gasteiger partial charge in [0.15, 0.2) is 0 Å². The largest absolute Gasteiger partial charge is 0.309 e. The molecular formula is C15H22BrN3S. The molecule has 20 heavy (non-hydrogen) atoms. The second-order valence-electron chi connectivity index (χ2n) is 4.97. The Bertz CT molecular complexity index is 547. The molecule has 0 aromatic carbocycles. The quantitative estimate of drug-likeness (QED) is 0.801. The van der Waals surface area contributed by atoms with Gasteiger partial charge < -0.3 is 5.32 Å². The molecule has 0 fully saturated rings. The Kier molecular flexibility index (Phi) is 5.81. The molecule has 0 amide bonds. The fourth-order valence-electron chi connectivity index (χ4n) is 2.35. The van der Waals surface area contributed by atoms with Crippen molar-refractivity contribution in [2.45, 2.75) is 46.2 Å². The third kappa shape index (κ3) is 3.93. The molecule has 2 rings (SSSR count). The minimum absolute atomic E-state index is 0.368. The Morgan fingerprint density at radius 2 is 2.20 bits per heavy atom. The lowest BCUT2D eigenvalue weighted by Crippen LogP contribution is -2.24. The minimum Gasteiger partial charge on any atom is -0.309 e. The van der Waals surface area contributed by atoms with Gasteiger partial charge >= 0.3 is 0 Å². The van der Waals surface area contributed by atoms with Crippen molar-refractivity contribution in [3.63, 3.8) is 0 Å². The zero-order valence-electron chi connectivity index (χ0n) is 12.3. The lowest BCUT2D eigenvalue weighted by Gasteiger charge is -2.17. The zero-order valence-corrected chi connectivity index (χ0v) is 14.7. The maximum absolute atomic E-state index is 4.54. The minimum atomic E-state index is 0.368. The van der Waals surface area contributed by atoms with Crippen molar-refractivity contribution in [3.8, 4) is 0 Å². The zero-order chi connectivity index (χ0) is 14.5. The highest BCUT2D eigenvalue weighted by Crippen LogP contribution is 2.28. The van der Waals surface area contributed by atoms with Gasteiger partial charge in [-0.05, 0) is 54.9 Å². The summed E-state index contributed by atoms with van der Waals surface area (Å²) in [6.45, 7) is 8.38. The maximum atomic E-state index is 4.54. The van der Waals surface area contributed by atoms with E-state index < -0.39 is 0 Å². The second-order valence-corrected chi connectivity index (χ2v) is 6.83. The molecule has 1 unspecified atom stereocenters. The number of rotatable bonds is 7. The smallest absolute Gasteiger partial charge is 0.0596 e. The molecule has 0 radical (unpaired) electrons. The van der Waals surface area contributed by atoms with Crippen LogP contribution in [-0.4, -0.2) is 16.3 Å². The molecule has 2 heterocycles. The summed E-state index contributed by atoms with van der Waals surface area (Å²) in [7, 11) is 0. The second kappa shape index (κ2) is 7.38. The highest BCUT2D eigenvalue weighted by Gasteiger charge is 2.16. The molecule has 2 aromatic rings. The summed E-state index contributed by atoms with van der Waals surface area (Å²) in [4.78, 5) is 1.38. The monoisotopic (exact) mass is 355 g/mol. The summed E-state index contributed by atoms with van der Waals surface area (Å²) in [6, 6.07) is 4.79. The van der Waals surface area contributed by atoms with Crippen molar-refractivity contribution >= 4 is 27.3 Å². The van der Waals surface area contributed by atoms with E-state index >= 15 is 0 Å². The van der Waals surface area contributed by atoms with Crippen molar-refractivity contribution in [2.75, 3.05) is 6.54 Å². The first-order chi connectivity index (χ1) is 9.63. The van der Waals surface area contributed by atoms with Gasteiger partial charge in [-0.15, -0.1) is 11.3 Å². The Balaban J connectivity index is 2.18. The van der Waals surface area contributed by atoms with E-state index in [9.17, 15) is 0 Å². The highest BCUT2D eigenvalue weighted by molar-refractivity contribution is 9.10. The van der Waals surface area contributed by atoms with Gasteiger partial charge in [0.2, 0.25) is 0 Å². The average Bonchev–Trinajstić information content (AvgIpc) is 3.00. The fourth-order valence-corrected chi connectivity index (χ4v) is 3.87. The lowest BCUT2D eigenvalue weighted by molar-refractivity contribution is 0.508. The Morgan fingerprint density at radius 1 is 1.40 bits per heavy atom. The molecule has 0 aliphatic carbocycles. The summed E-state index contributed by atoms with van der Waals surface area (Å²) >= 11 is 5.36. The highest BCUT2D eigenvalue weighted by atomic mass is 79.9. The van der Waals surface area contributed by atoms with Gasteiger partial charge in [-0.25, -0.2) is 0 Å². The van der Waals surface area contributed by atoms with E-state index in [-0.39, 0.29) is 0 Å². The number of thiophene rings is 1. The fraction of sp³-hybridized carbons (Fsp3) is 0.533. The standard InChI is InChI=1S/C15H22BrN3S/c1-4-6-17-14(15-8-12(16)10-20-15)9-13-7-11(3)18-19(13)5-2/h7-8,10,14,17H,4-6,9H2,1-3H3. The van der Waals surface area contributed by atoms with Crippen LogP contribution in [0.4, 0.5) is 0 Å². The summed E-state index contributed by atoms with van der Waals surface area (Å²) in [5.41, 5.74) is 2.41. The number of hydrogen-bond donors (Lipinski definition) is 1. The van der Waals surface area contributed by atoms with E-state index in [1.807, 2.05) is 11.3 Å². The van der Waals surface area contributed by atoms with Gasteiger partial charge in [0, 0.05) is 39.4 Å². The number of hydrogen-bond acceptors (Lipinski definition) is 3. The third-order valence-corrected chi connectivity index (χ3v) is 5.08. The molecule has 0 bridgehead atoms. The van der Waals surface area contributed by atoms with Crippen molar-refractivity contribution < 1.29 is 0 Å². The Hall–Kier alpha value is -0.650. The average molecular weight is 356 g/mol. The van der Waals surface area contributed by atoms with Gasteiger partial charge in [-0.1, -0.05) is 6.92 Å². The van der Waals surface area contributed by atoms with Crippen LogP contribution in [0.1, 0.15) is 42.6 Å². The molecule has 1 atom stereocenters. The third-order valence-electron chi connectivity index (χ3n) is 3.27. The van der Waals surface area contributed by atoms with E-state index in [0.717, 1.165) is 31.6 Å². The van der Waals surface area contributed by atoms with Crippen LogP contribution in [0.5, 0.6) is 0 Å². The van der Waals surface area contributed by atoms with Crippen LogP contribution < -0.4 is 5.32 Å². The van der Waals surface area contributed by atoms with Crippen molar-refractivity contribution in [3.05, 3.63) is 38.3 Å². The van der Waals surface area contributed by atoms with E-state index in [4.69, 9.17) is 0 Å². The molecule has 1 N–H and O–H groups in total. The first-order valence-corrected chi connectivity index (χ1v) is 8.82. The van der Waals surface area contributed by atoms with E-state index in [2.05, 4.69) is 69.3 Å². The Morgan fingerprint density at radius 3 is 2.80 bits per heavy atom. The SMILES string of the molecule is CCCNC(Cc1cc(C)nn1CC)c1cc(Br)cs1. The van der Waals surface area contributed by atoms with Gasteiger partial charge in [-0.2, -0.15) is 5.10 Å². The first kappa shape index (κ1) is 15.7. The number of nitrogens with zero attached hydrogens (tertiary/aromatic N) is 2. The lowest BCUT2D eigenvalue weighted by atomic mass is 10.1. The van der Waals surface area contributed by atoms with Crippen LogP contribution in [0.25, 0.3) is 0 Å². The molecule has 2 aromatic heterocycles. The molecular weight excluding hydrogens is 334 g/mol. The summed E-state index contributed by atoms with van der Waals surface area (Å²) < 4.78 is 3.28. The molecule has 110 valence electrons. The van der Waals surface area contributed by atoms with Crippen molar-refractivity contribution in [1.29, 1.82) is 0 Å². The molecule has 0 saturated carbocycles. The van der Waals surface area contributed by atoms with Gasteiger partial charge in [0.1, 0.15) is 0 Å². The number of nitrogens with one attached hydrogen (secondary N) is 1. The van der Waals surface area contributed by atoms with Crippen LogP contribution >= 0.6 is 27.3 Å².